The van der Waals surface area contributed by atoms with Gasteiger partial charge in [0.25, 0.3) is 0 Å². The van der Waals surface area contributed by atoms with Crippen LogP contribution in [0.3, 0.4) is 0 Å². The van der Waals surface area contributed by atoms with E-state index in [1.165, 1.54) is 61.7 Å². The predicted molar refractivity (Wildman–Crippen MR) is 188 cm³/mol. The summed E-state index contributed by atoms with van der Waals surface area (Å²) in [6, 6.07) is 21.7. The fourth-order valence-electron chi connectivity index (χ4n) is 6.83. The van der Waals surface area contributed by atoms with Crippen LogP contribution in [0.5, 0.6) is 0 Å². The minimum Gasteiger partial charge on any atom is -0.274 e. The smallest absolute Gasteiger partial charge is 0.274 e. The third kappa shape index (κ3) is 6.93. The first-order chi connectivity index (χ1) is 21.2. The van der Waals surface area contributed by atoms with E-state index in [1.54, 1.807) is 12.2 Å². The van der Waals surface area contributed by atoms with Crippen LogP contribution in [-0.4, -0.2) is 13.0 Å². The van der Waals surface area contributed by atoms with Crippen molar-refractivity contribution in [2.24, 2.45) is 0 Å². The van der Waals surface area contributed by atoms with Crippen molar-refractivity contribution in [3.63, 3.8) is 0 Å². The van der Waals surface area contributed by atoms with Crippen LogP contribution >= 0.6 is 0 Å². The molecule has 5 rings (SSSR count). The predicted octanol–water partition coefficient (Wildman–Crippen LogP) is 9.68. The summed E-state index contributed by atoms with van der Waals surface area (Å²) in [5.74, 6) is 0. The van der Waals surface area contributed by atoms with Gasteiger partial charge in [0.15, 0.2) is 5.25 Å². The molecule has 0 saturated carbocycles. The molecule has 0 spiro atoms. The molecule has 0 bridgehead atoms. The van der Waals surface area contributed by atoms with Crippen molar-refractivity contribution in [2.45, 2.75) is 68.2 Å². The summed E-state index contributed by atoms with van der Waals surface area (Å²) in [6.45, 7) is 17.2. The Balaban J connectivity index is 1.62. The Morgan fingerprint density at radius 3 is 1.40 bits per heavy atom. The Bertz CT molecular complexity index is 1850. The van der Waals surface area contributed by atoms with Crippen LogP contribution in [0.25, 0.3) is 5.57 Å². The summed E-state index contributed by atoms with van der Waals surface area (Å²) in [7, 11) is -4.46. The first kappa shape index (κ1) is 32.3. The van der Waals surface area contributed by atoms with E-state index < -0.39 is 10.1 Å². The van der Waals surface area contributed by atoms with E-state index in [-0.39, 0.29) is 5.25 Å². The monoisotopic (exact) mass is 615 g/mol. The van der Waals surface area contributed by atoms with Crippen LogP contribution in [0.1, 0.15) is 77.9 Å². The molecule has 230 valence electrons. The third-order valence-corrected chi connectivity index (χ3v) is 10.0. The normalized spacial score (nSPS) is 13.1. The Morgan fingerprint density at radius 2 is 1.02 bits per heavy atom. The lowest BCUT2D eigenvalue weighted by Crippen LogP contribution is -2.14. The van der Waals surface area contributed by atoms with Crippen molar-refractivity contribution < 1.29 is 13.0 Å². The maximum atomic E-state index is 12.6. The van der Waals surface area contributed by atoms with Gasteiger partial charge in [-0.3, -0.25) is 4.55 Å². The molecule has 1 aliphatic carbocycles. The number of hydrogen-bond donors (Lipinski definition) is 1. The lowest BCUT2D eigenvalue weighted by Gasteiger charge is -2.18. The summed E-state index contributed by atoms with van der Waals surface area (Å²) in [4.78, 5) is 0. The van der Waals surface area contributed by atoms with E-state index >= 15 is 0 Å². The molecular formula is C41H43O3S+. The zero-order valence-corrected chi connectivity index (χ0v) is 28.5. The molecular weight excluding hydrogens is 573 g/mol. The Labute approximate surface area is 269 Å². The number of hydrogen-bond acceptors (Lipinski definition) is 2. The highest BCUT2D eigenvalue weighted by Crippen LogP contribution is 2.38. The molecule has 0 aromatic heterocycles. The Kier molecular flexibility index (Phi) is 9.11. The first-order valence-electron chi connectivity index (χ1n) is 15.5. The standard InChI is InChI=1S/C41H42O3S/c1-25-17-29(5)38(30(6)18-25)23-33-13-15-35(21-27(33)3)41(37-11-9-10-12-40(37)45(42,43)44)36-16-14-34(28(4)22-36)24-39-31(7)19-26(2)20-32(39)8/h9-22H,23-24H2,1-8H3/p+1. The Morgan fingerprint density at radius 1 is 0.600 bits per heavy atom. The van der Waals surface area contributed by atoms with Crippen molar-refractivity contribution in [2.75, 3.05) is 0 Å². The van der Waals surface area contributed by atoms with E-state index in [2.05, 4.69) is 116 Å². The molecule has 0 aliphatic heterocycles. The third-order valence-electron chi connectivity index (χ3n) is 9.11. The SMILES string of the molecule is Cc1cc(C)c(Cc2ccc(C(=C3C=CC=C[C+]3S(=O)(=O)O)c3ccc(Cc4c(C)cc(C)cc4C)c(C)c3)cc2C)c(C)c1. The van der Waals surface area contributed by atoms with Gasteiger partial charge in [0.1, 0.15) is 5.57 Å². The second-order valence-corrected chi connectivity index (χ2v) is 14.1. The topological polar surface area (TPSA) is 54.4 Å². The molecule has 1 N–H and O–H groups in total. The molecule has 0 heterocycles. The van der Waals surface area contributed by atoms with Gasteiger partial charge in [-0.2, -0.15) is 8.42 Å². The summed E-state index contributed by atoms with van der Waals surface area (Å²) in [5.41, 5.74) is 18.1. The highest BCUT2D eigenvalue weighted by atomic mass is 32.2. The van der Waals surface area contributed by atoms with Crippen LogP contribution in [0.15, 0.2) is 90.5 Å². The van der Waals surface area contributed by atoms with Gasteiger partial charge in [0, 0.05) is 35.4 Å². The zero-order chi connectivity index (χ0) is 32.6. The van der Waals surface area contributed by atoms with E-state index in [0.717, 1.165) is 40.7 Å². The minimum absolute atomic E-state index is 0.0970. The molecule has 45 heavy (non-hydrogen) atoms. The zero-order valence-electron chi connectivity index (χ0n) is 27.7. The average molecular weight is 616 g/mol. The molecule has 0 amide bonds. The highest BCUT2D eigenvalue weighted by Gasteiger charge is 2.36. The summed E-state index contributed by atoms with van der Waals surface area (Å²) in [6.07, 6.45) is 8.37. The molecule has 0 unspecified atom stereocenters. The van der Waals surface area contributed by atoms with Gasteiger partial charge in [0.05, 0.1) is 5.57 Å². The van der Waals surface area contributed by atoms with Gasteiger partial charge in [-0.1, -0.05) is 47.5 Å². The van der Waals surface area contributed by atoms with Gasteiger partial charge in [0.2, 0.25) is 0 Å². The lowest BCUT2D eigenvalue weighted by atomic mass is 9.85. The van der Waals surface area contributed by atoms with Gasteiger partial charge < -0.3 is 0 Å². The molecule has 3 nitrogen and oxygen atoms in total. The molecule has 4 aromatic carbocycles. The van der Waals surface area contributed by atoms with E-state index in [0.29, 0.717) is 5.57 Å². The highest BCUT2D eigenvalue weighted by molar-refractivity contribution is 7.89. The van der Waals surface area contributed by atoms with Crippen LogP contribution in [0.4, 0.5) is 0 Å². The quantitative estimate of drug-likeness (QED) is 0.166. The van der Waals surface area contributed by atoms with Crippen LogP contribution < -0.4 is 0 Å². The molecule has 1 aliphatic rings. The van der Waals surface area contributed by atoms with E-state index in [4.69, 9.17) is 0 Å². The molecule has 0 saturated heterocycles. The lowest BCUT2D eigenvalue weighted by molar-refractivity contribution is 0.487. The second-order valence-electron chi connectivity index (χ2n) is 12.7. The number of allylic oxidation sites excluding steroid dienone is 3. The maximum absolute atomic E-state index is 12.6. The van der Waals surface area contributed by atoms with E-state index in [1.807, 2.05) is 6.08 Å². The molecule has 0 atom stereocenters. The van der Waals surface area contributed by atoms with Crippen molar-refractivity contribution in [1.82, 2.24) is 0 Å². The summed E-state index contributed by atoms with van der Waals surface area (Å²) < 4.78 is 35.4. The largest absolute Gasteiger partial charge is 0.331 e. The summed E-state index contributed by atoms with van der Waals surface area (Å²) in [5, 5.41) is -0.0970. The van der Waals surface area contributed by atoms with Crippen molar-refractivity contribution in [1.29, 1.82) is 0 Å². The fourth-order valence-corrected chi connectivity index (χ4v) is 7.53. The van der Waals surface area contributed by atoms with Crippen LogP contribution in [-0.2, 0) is 23.0 Å². The molecule has 0 radical (unpaired) electrons. The van der Waals surface area contributed by atoms with Gasteiger partial charge in [-0.25, -0.2) is 0 Å². The molecule has 4 aromatic rings. The second kappa shape index (κ2) is 12.7. The average Bonchev–Trinajstić information content (AvgIpc) is 2.94. The van der Waals surface area contributed by atoms with E-state index in [9.17, 15) is 13.0 Å². The van der Waals surface area contributed by atoms with Gasteiger partial charge >= 0.3 is 10.1 Å². The van der Waals surface area contributed by atoms with Gasteiger partial charge in [-0.15, -0.1) is 0 Å². The van der Waals surface area contributed by atoms with Gasteiger partial charge in [-0.05, 0) is 148 Å². The number of benzene rings is 4. The number of rotatable bonds is 7. The van der Waals surface area contributed by atoms with Crippen LogP contribution in [0, 0.1) is 60.6 Å². The van der Waals surface area contributed by atoms with Crippen molar-refractivity contribution >= 4 is 15.7 Å². The molecule has 4 heteroatoms. The summed E-state index contributed by atoms with van der Waals surface area (Å²) >= 11 is 0. The Hall–Kier alpha value is -4.12. The molecule has 0 fully saturated rings. The first-order valence-corrected chi connectivity index (χ1v) is 16.9. The fraction of sp³-hybridized carbons (Fsp3) is 0.244. The van der Waals surface area contributed by atoms with Crippen LogP contribution in [0.2, 0.25) is 0 Å². The minimum atomic E-state index is -4.46. The maximum Gasteiger partial charge on any atom is 0.331 e. The van der Waals surface area contributed by atoms with Crippen molar-refractivity contribution in [3.05, 3.63) is 174 Å². The number of aryl methyl sites for hydroxylation is 8. The van der Waals surface area contributed by atoms with Crippen molar-refractivity contribution in [3.8, 4) is 0 Å².